The smallest absolute Gasteiger partial charge is 0.235 e. The van der Waals surface area contributed by atoms with Crippen molar-refractivity contribution in [2.45, 2.75) is 4.90 Å². The Balaban J connectivity index is 0.00000121. The summed E-state index contributed by atoms with van der Waals surface area (Å²) >= 11 is 0. The summed E-state index contributed by atoms with van der Waals surface area (Å²) in [4.78, 5) is -0.0671. The third kappa shape index (κ3) is 3.23. The maximum Gasteiger partial charge on any atom is 0.323 e. The van der Waals surface area contributed by atoms with Crippen molar-refractivity contribution >= 4 is 61.5 Å². The predicted octanol–water partition coefficient (Wildman–Crippen LogP) is 0.484. The van der Waals surface area contributed by atoms with E-state index in [9.17, 15) is 8.42 Å². The average Bonchev–Trinajstić information content (AvgIpc) is 2.06. The van der Waals surface area contributed by atoms with Crippen molar-refractivity contribution in [2.24, 2.45) is 0 Å². The number of hydrogen-bond acceptors (Lipinski definition) is 4. The molecule has 1 aromatic carbocycles. The van der Waals surface area contributed by atoms with Gasteiger partial charge in [-0.1, -0.05) is 18.2 Å². The summed E-state index contributed by atoms with van der Waals surface area (Å²) in [6, 6.07) is 7.38. The molecule has 0 bridgehead atoms. The van der Waals surface area contributed by atoms with Gasteiger partial charge < -0.3 is 0 Å². The Morgan fingerprint density at radius 1 is 1.17 bits per heavy atom. The first-order chi connectivity index (χ1) is 5.17. The maximum atomic E-state index is 10.7. The SMILES string of the molecule is O=S(=O)(OO)c1ccccc1.[K]. The van der Waals surface area contributed by atoms with Gasteiger partial charge in [0.1, 0.15) is 0 Å². The van der Waals surface area contributed by atoms with Crippen molar-refractivity contribution in [1.82, 2.24) is 0 Å². The molecular weight excluding hydrogens is 207 g/mol. The van der Waals surface area contributed by atoms with E-state index in [1.165, 1.54) is 24.3 Å². The topological polar surface area (TPSA) is 63.6 Å². The summed E-state index contributed by atoms with van der Waals surface area (Å²) in [6.07, 6.45) is 0. The van der Waals surface area contributed by atoms with Crippen LogP contribution in [0.5, 0.6) is 0 Å². The molecule has 0 fully saturated rings. The first-order valence-electron chi connectivity index (χ1n) is 2.80. The van der Waals surface area contributed by atoms with Gasteiger partial charge in [0.15, 0.2) is 0 Å². The monoisotopic (exact) mass is 213 g/mol. The van der Waals surface area contributed by atoms with Crippen molar-refractivity contribution in [3.05, 3.63) is 30.3 Å². The molecule has 0 heterocycles. The van der Waals surface area contributed by atoms with Crippen LogP contribution in [0.15, 0.2) is 35.2 Å². The van der Waals surface area contributed by atoms with Gasteiger partial charge in [0.2, 0.25) is 0 Å². The van der Waals surface area contributed by atoms with E-state index in [1.54, 1.807) is 6.07 Å². The molecule has 1 rings (SSSR count). The third-order valence-corrected chi connectivity index (χ3v) is 2.18. The second kappa shape index (κ2) is 5.46. The summed E-state index contributed by atoms with van der Waals surface area (Å²) in [5, 5.41) is 7.96. The molecule has 61 valence electrons. The van der Waals surface area contributed by atoms with Crippen LogP contribution in [0.1, 0.15) is 0 Å². The maximum absolute atomic E-state index is 10.7. The summed E-state index contributed by atoms with van der Waals surface area (Å²) in [7, 11) is -3.94. The van der Waals surface area contributed by atoms with Crippen molar-refractivity contribution in [2.75, 3.05) is 0 Å². The molecule has 0 saturated carbocycles. The number of benzene rings is 1. The second-order valence-corrected chi connectivity index (χ2v) is 3.37. The molecule has 1 aromatic rings. The van der Waals surface area contributed by atoms with Crippen LogP contribution in [-0.2, 0) is 14.5 Å². The number of rotatable bonds is 2. The van der Waals surface area contributed by atoms with Crippen LogP contribution in [0.3, 0.4) is 0 Å². The fourth-order valence-corrected chi connectivity index (χ4v) is 1.21. The van der Waals surface area contributed by atoms with E-state index in [0.29, 0.717) is 0 Å². The molecule has 0 unspecified atom stereocenters. The molecule has 4 nitrogen and oxygen atoms in total. The summed E-state index contributed by atoms with van der Waals surface area (Å²) < 4.78 is 24.8. The van der Waals surface area contributed by atoms with E-state index >= 15 is 0 Å². The van der Waals surface area contributed by atoms with E-state index < -0.39 is 10.1 Å². The Morgan fingerprint density at radius 3 is 2.08 bits per heavy atom. The minimum atomic E-state index is -3.94. The van der Waals surface area contributed by atoms with Gasteiger partial charge in [0.25, 0.3) is 0 Å². The molecule has 1 radical (unpaired) electrons. The van der Waals surface area contributed by atoms with Crippen LogP contribution in [0.4, 0.5) is 0 Å². The van der Waals surface area contributed by atoms with Crippen molar-refractivity contribution in [3.63, 3.8) is 0 Å². The van der Waals surface area contributed by atoms with E-state index in [4.69, 9.17) is 5.26 Å². The van der Waals surface area contributed by atoms with E-state index in [-0.39, 0.29) is 56.3 Å². The Hall–Kier alpha value is 0.726. The molecule has 0 aromatic heterocycles. The van der Waals surface area contributed by atoms with Crippen LogP contribution >= 0.6 is 0 Å². The summed E-state index contributed by atoms with van der Waals surface area (Å²) in [5.74, 6) is 0. The van der Waals surface area contributed by atoms with Crippen molar-refractivity contribution < 1.29 is 18.0 Å². The van der Waals surface area contributed by atoms with Crippen LogP contribution in [-0.4, -0.2) is 65.1 Å². The molecule has 0 aliphatic carbocycles. The fraction of sp³-hybridized carbons (Fsp3) is 0. The molecule has 6 heteroatoms. The van der Waals surface area contributed by atoms with Gasteiger partial charge in [-0.3, -0.25) is 0 Å². The molecule has 0 aliphatic heterocycles. The van der Waals surface area contributed by atoms with Gasteiger partial charge in [0.05, 0.1) is 4.90 Å². The molecule has 0 saturated heterocycles. The van der Waals surface area contributed by atoms with Crippen LogP contribution in [0, 0.1) is 0 Å². The largest absolute Gasteiger partial charge is 0.323 e. The Labute approximate surface area is 113 Å². The van der Waals surface area contributed by atoms with E-state index in [2.05, 4.69) is 4.33 Å². The molecular formula is C6H6KO4S. The van der Waals surface area contributed by atoms with Crippen LogP contribution in [0.2, 0.25) is 0 Å². The minimum absolute atomic E-state index is 0. The Bertz CT molecular complexity index is 321. The van der Waals surface area contributed by atoms with Crippen molar-refractivity contribution in [3.8, 4) is 0 Å². The van der Waals surface area contributed by atoms with Gasteiger partial charge in [-0.25, -0.2) is 5.26 Å². The van der Waals surface area contributed by atoms with Gasteiger partial charge >= 0.3 is 10.1 Å². The van der Waals surface area contributed by atoms with Gasteiger partial charge in [0, 0.05) is 51.4 Å². The number of hydrogen-bond donors (Lipinski definition) is 1. The normalized spacial score (nSPS) is 10.4. The van der Waals surface area contributed by atoms with Gasteiger partial charge in [-0.05, 0) is 12.1 Å². The average molecular weight is 213 g/mol. The predicted molar refractivity (Wildman–Crippen MR) is 43.1 cm³/mol. The molecule has 0 atom stereocenters. The molecule has 0 amide bonds. The molecule has 12 heavy (non-hydrogen) atoms. The first-order valence-corrected chi connectivity index (χ1v) is 4.21. The van der Waals surface area contributed by atoms with Gasteiger partial charge in [-0.15, -0.1) is 4.33 Å². The standard InChI is InChI=1S/C6H6O4S.K/c7-10-11(8,9)6-4-2-1-3-5-6;/h1-5,7H;. The zero-order chi connectivity index (χ0) is 8.32. The summed E-state index contributed by atoms with van der Waals surface area (Å²) in [5.41, 5.74) is 0. The Morgan fingerprint density at radius 2 is 1.67 bits per heavy atom. The third-order valence-electron chi connectivity index (χ3n) is 1.13. The zero-order valence-corrected chi connectivity index (χ0v) is 10.4. The second-order valence-electron chi connectivity index (χ2n) is 1.84. The van der Waals surface area contributed by atoms with E-state index in [0.717, 1.165) is 0 Å². The Kier molecular flexibility index (Phi) is 5.79. The van der Waals surface area contributed by atoms with E-state index in [1.807, 2.05) is 0 Å². The van der Waals surface area contributed by atoms with Crippen LogP contribution in [0.25, 0.3) is 0 Å². The zero-order valence-electron chi connectivity index (χ0n) is 6.47. The molecule has 0 aliphatic rings. The fourth-order valence-electron chi connectivity index (χ4n) is 0.630. The first kappa shape index (κ1) is 12.7. The van der Waals surface area contributed by atoms with Gasteiger partial charge in [-0.2, -0.15) is 8.42 Å². The van der Waals surface area contributed by atoms with Crippen LogP contribution < -0.4 is 0 Å². The van der Waals surface area contributed by atoms with Crippen molar-refractivity contribution in [1.29, 1.82) is 0 Å². The summed E-state index contributed by atoms with van der Waals surface area (Å²) in [6.45, 7) is 0. The quantitative estimate of drug-likeness (QED) is 0.441. The molecule has 0 spiro atoms. The molecule has 1 N–H and O–H groups in total. The minimum Gasteiger partial charge on any atom is -0.235 e.